The van der Waals surface area contributed by atoms with Crippen molar-refractivity contribution in [3.63, 3.8) is 0 Å². The second kappa shape index (κ2) is 9.90. The lowest BCUT2D eigenvalue weighted by Crippen LogP contribution is -2.33. The van der Waals surface area contributed by atoms with Crippen molar-refractivity contribution in [2.75, 3.05) is 32.8 Å². The molecule has 2 aromatic rings. The van der Waals surface area contributed by atoms with Gasteiger partial charge in [-0.1, -0.05) is 24.3 Å². The first kappa shape index (κ1) is 19.9. The molecule has 29 heavy (non-hydrogen) atoms. The van der Waals surface area contributed by atoms with Gasteiger partial charge in [0, 0.05) is 38.3 Å². The minimum atomic E-state index is -0.0281. The SMILES string of the molecule is O=C(NCCCN1CCc2ccccc2C1)c1ccc(OCC2CCCO2)cc1. The summed E-state index contributed by atoms with van der Waals surface area (Å²) in [6.07, 6.45) is 4.44. The highest BCUT2D eigenvalue weighted by atomic mass is 16.5. The molecule has 0 aliphatic carbocycles. The normalized spacial score (nSPS) is 19.0. The van der Waals surface area contributed by atoms with Crippen LogP contribution in [0.1, 0.15) is 40.7 Å². The molecule has 0 radical (unpaired) electrons. The number of hydrogen-bond acceptors (Lipinski definition) is 4. The van der Waals surface area contributed by atoms with Crippen LogP contribution in [0.15, 0.2) is 48.5 Å². The van der Waals surface area contributed by atoms with Gasteiger partial charge in [-0.15, -0.1) is 0 Å². The zero-order chi connectivity index (χ0) is 19.9. The van der Waals surface area contributed by atoms with E-state index in [1.54, 1.807) is 0 Å². The minimum Gasteiger partial charge on any atom is -0.491 e. The molecule has 154 valence electrons. The Morgan fingerprint density at radius 2 is 1.97 bits per heavy atom. The summed E-state index contributed by atoms with van der Waals surface area (Å²) in [5.41, 5.74) is 3.58. The molecule has 1 saturated heterocycles. The quantitative estimate of drug-likeness (QED) is 0.697. The zero-order valence-corrected chi connectivity index (χ0v) is 16.9. The van der Waals surface area contributed by atoms with Crippen LogP contribution in [-0.2, 0) is 17.7 Å². The fourth-order valence-electron chi connectivity index (χ4n) is 4.02. The Morgan fingerprint density at radius 3 is 2.76 bits per heavy atom. The number of hydrogen-bond donors (Lipinski definition) is 1. The topological polar surface area (TPSA) is 50.8 Å². The van der Waals surface area contributed by atoms with Crippen molar-refractivity contribution >= 4 is 5.91 Å². The van der Waals surface area contributed by atoms with E-state index >= 15 is 0 Å². The monoisotopic (exact) mass is 394 g/mol. The number of rotatable bonds is 8. The number of nitrogens with zero attached hydrogens (tertiary/aromatic N) is 1. The molecule has 1 atom stereocenters. The van der Waals surface area contributed by atoms with Crippen molar-refractivity contribution in [2.24, 2.45) is 0 Å². The summed E-state index contributed by atoms with van der Waals surface area (Å²) >= 11 is 0. The third-order valence-corrected chi connectivity index (χ3v) is 5.72. The number of benzene rings is 2. The first-order valence-corrected chi connectivity index (χ1v) is 10.7. The average Bonchev–Trinajstić information content (AvgIpc) is 3.29. The van der Waals surface area contributed by atoms with E-state index in [9.17, 15) is 4.79 Å². The van der Waals surface area contributed by atoms with Gasteiger partial charge >= 0.3 is 0 Å². The van der Waals surface area contributed by atoms with Gasteiger partial charge in [-0.25, -0.2) is 0 Å². The summed E-state index contributed by atoms with van der Waals surface area (Å²) in [7, 11) is 0. The molecule has 5 nitrogen and oxygen atoms in total. The standard InChI is InChI=1S/C24H30N2O3/c27-24(20-8-10-22(11-9-20)29-18-23-7-3-16-28-23)25-13-4-14-26-15-12-19-5-1-2-6-21(19)17-26/h1-2,5-6,8-11,23H,3-4,7,12-18H2,(H,25,27). The number of carbonyl (C=O) groups is 1. The summed E-state index contributed by atoms with van der Waals surface area (Å²) in [5, 5.41) is 3.03. The maximum absolute atomic E-state index is 12.4. The van der Waals surface area contributed by atoms with Gasteiger partial charge in [0.1, 0.15) is 12.4 Å². The lowest BCUT2D eigenvalue weighted by Gasteiger charge is -2.28. The number of ether oxygens (including phenoxy) is 2. The Balaban J connectivity index is 1.15. The van der Waals surface area contributed by atoms with Crippen LogP contribution in [0.2, 0.25) is 0 Å². The summed E-state index contributed by atoms with van der Waals surface area (Å²) < 4.78 is 11.3. The van der Waals surface area contributed by atoms with Crippen LogP contribution in [0.4, 0.5) is 0 Å². The van der Waals surface area contributed by atoms with E-state index in [2.05, 4.69) is 34.5 Å². The van der Waals surface area contributed by atoms with E-state index in [0.29, 0.717) is 18.7 Å². The summed E-state index contributed by atoms with van der Waals surface area (Å²) in [6.45, 7) is 5.21. The molecule has 0 bridgehead atoms. The maximum atomic E-state index is 12.4. The molecular formula is C24H30N2O3. The van der Waals surface area contributed by atoms with Gasteiger partial charge < -0.3 is 14.8 Å². The summed E-state index contributed by atoms with van der Waals surface area (Å²) in [5.74, 6) is 0.752. The van der Waals surface area contributed by atoms with Crippen LogP contribution >= 0.6 is 0 Å². The predicted molar refractivity (Wildman–Crippen MR) is 113 cm³/mol. The van der Waals surface area contributed by atoms with Crippen LogP contribution in [0, 0.1) is 0 Å². The van der Waals surface area contributed by atoms with Crippen molar-refractivity contribution in [3.05, 3.63) is 65.2 Å². The van der Waals surface area contributed by atoms with Crippen molar-refractivity contribution in [1.82, 2.24) is 10.2 Å². The molecule has 2 aliphatic heterocycles. The van der Waals surface area contributed by atoms with E-state index in [0.717, 1.165) is 57.7 Å². The molecular weight excluding hydrogens is 364 g/mol. The molecule has 4 rings (SSSR count). The van der Waals surface area contributed by atoms with Gasteiger partial charge in [0.25, 0.3) is 5.91 Å². The van der Waals surface area contributed by atoms with Crippen LogP contribution in [0.5, 0.6) is 5.75 Å². The first-order valence-electron chi connectivity index (χ1n) is 10.7. The average molecular weight is 395 g/mol. The minimum absolute atomic E-state index is 0.0281. The molecule has 1 N–H and O–H groups in total. The smallest absolute Gasteiger partial charge is 0.251 e. The van der Waals surface area contributed by atoms with E-state index in [-0.39, 0.29) is 12.0 Å². The third kappa shape index (κ3) is 5.58. The highest BCUT2D eigenvalue weighted by molar-refractivity contribution is 5.94. The van der Waals surface area contributed by atoms with Gasteiger partial charge in [-0.05, 0) is 61.1 Å². The highest BCUT2D eigenvalue weighted by Gasteiger charge is 2.16. The van der Waals surface area contributed by atoms with Gasteiger partial charge in [-0.3, -0.25) is 9.69 Å². The predicted octanol–water partition coefficient (Wildman–Crippen LogP) is 3.42. The molecule has 5 heteroatoms. The fourth-order valence-corrected chi connectivity index (χ4v) is 4.02. The van der Waals surface area contributed by atoms with Crippen molar-refractivity contribution < 1.29 is 14.3 Å². The Labute approximate surface area is 173 Å². The Kier molecular flexibility index (Phi) is 6.80. The molecule has 1 unspecified atom stereocenters. The van der Waals surface area contributed by atoms with Gasteiger partial charge in [-0.2, -0.15) is 0 Å². The lowest BCUT2D eigenvalue weighted by molar-refractivity contribution is 0.0679. The third-order valence-electron chi connectivity index (χ3n) is 5.72. The first-order chi connectivity index (χ1) is 14.3. The zero-order valence-electron chi connectivity index (χ0n) is 16.9. The second-order valence-corrected chi connectivity index (χ2v) is 7.87. The number of nitrogens with one attached hydrogen (secondary N) is 1. The summed E-state index contributed by atoms with van der Waals surface area (Å²) in [6, 6.07) is 16.0. The highest BCUT2D eigenvalue weighted by Crippen LogP contribution is 2.19. The Bertz CT molecular complexity index is 800. The van der Waals surface area contributed by atoms with E-state index in [1.807, 2.05) is 24.3 Å². The van der Waals surface area contributed by atoms with Crippen molar-refractivity contribution in [2.45, 2.75) is 38.3 Å². The van der Waals surface area contributed by atoms with E-state index < -0.39 is 0 Å². The van der Waals surface area contributed by atoms with Crippen LogP contribution in [0.3, 0.4) is 0 Å². The van der Waals surface area contributed by atoms with Crippen molar-refractivity contribution in [3.8, 4) is 5.75 Å². The number of carbonyl (C=O) groups excluding carboxylic acids is 1. The molecule has 0 aromatic heterocycles. The number of fused-ring (bicyclic) bond motifs is 1. The van der Waals surface area contributed by atoms with Gasteiger partial charge in [0.15, 0.2) is 0 Å². The second-order valence-electron chi connectivity index (χ2n) is 7.87. The maximum Gasteiger partial charge on any atom is 0.251 e. The van der Waals surface area contributed by atoms with Gasteiger partial charge in [0.05, 0.1) is 6.10 Å². The largest absolute Gasteiger partial charge is 0.491 e. The van der Waals surface area contributed by atoms with Crippen LogP contribution in [0.25, 0.3) is 0 Å². The molecule has 0 spiro atoms. The van der Waals surface area contributed by atoms with Gasteiger partial charge in [0.2, 0.25) is 0 Å². The molecule has 1 fully saturated rings. The molecule has 0 saturated carbocycles. The Morgan fingerprint density at radius 1 is 1.14 bits per heavy atom. The van der Waals surface area contributed by atoms with Crippen LogP contribution in [-0.4, -0.2) is 49.8 Å². The molecule has 2 heterocycles. The number of amides is 1. The fraction of sp³-hybridized carbons (Fsp3) is 0.458. The van der Waals surface area contributed by atoms with E-state index in [1.165, 1.54) is 11.1 Å². The van der Waals surface area contributed by atoms with Crippen molar-refractivity contribution in [1.29, 1.82) is 0 Å². The molecule has 2 aliphatic rings. The summed E-state index contributed by atoms with van der Waals surface area (Å²) in [4.78, 5) is 14.8. The lowest BCUT2D eigenvalue weighted by atomic mass is 10.00. The molecule has 2 aromatic carbocycles. The molecule has 1 amide bonds. The van der Waals surface area contributed by atoms with Crippen LogP contribution < -0.4 is 10.1 Å². The van der Waals surface area contributed by atoms with E-state index in [4.69, 9.17) is 9.47 Å². The Hall–Kier alpha value is -2.37.